The third kappa shape index (κ3) is 3.26. The van der Waals surface area contributed by atoms with Gasteiger partial charge in [-0.15, -0.1) is 0 Å². The number of amides is 1. The highest BCUT2D eigenvalue weighted by Gasteiger charge is 2.13. The smallest absolute Gasteiger partial charge is 0.227 e. The summed E-state index contributed by atoms with van der Waals surface area (Å²) in [5.41, 5.74) is 0.817. The molecule has 0 radical (unpaired) electrons. The summed E-state index contributed by atoms with van der Waals surface area (Å²) in [5.74, 6) is 0.984. The van der Waals surface area contributed by atoms with E-state index in [9.17, 15) is 4.79 Å². The Morgan fingerprint density at radius 1 is 1.25 bits per heavy atom. The number of anilines is 1. The zero-order chi connectivity index (χ0) is 12.0. The summed E-state index contributed by atoms with van der Waals surface area (Å²) in [4.78, 5) is 11.8. The van der Waals surface area contributed by atoms with E-state index >= 15 is 0 Å². The van der Waals surface area contributed by atoms with Crippen LogP contribution in [0.1, 0.15) is 26.7 Å². The molecule has 0 saturated heterocycles. The summed E-state index contributed by atoms with van der Waals surface area (Å²) in [7, 11) is 1.62. The molecule has 0 aliphatic heterocycles. The summed E-state index contributed by atoms with van der Waals surface area (Å²) in [6, 6.07) is 7.36. The molecular weight excluding hydrogens is 202 g/mol. The molecule has 0 saturated carbocycles. The molecule has 3 nitrogen and oxygen atoms in total. The van der Waals surface area contributed by atoms with Gasteiger partial charge in [-0.1, -0.05) is 13.8 Å². The van der Waals surface area contributed by atoms with Gasteiger partial charge in [0.15, 0.2) is 0 Å². The first-order chi connectivity index (χ1) is 7.71. The van der Waals surface area contributed by atoms with Crippen LogP contribution >= 0.6 is 0 Å². The normalized spacial score (nSPS) is 10.2. The quantitative estimate of drug-likeness (QED) is 0.829. The number of nitrogens with one attached hydrogen (secondary N) is 1. The minimum Gasteiger partial charge on any atom is -0.497 e. The molecule has 3 heteroatoms. The maximum Gasteiger partial charge on any atom is 0.227 e. The number of carbonyl (C=O) groups excluding carboxylic acids is 1. The van der Waals surface area contributed by atoms with Gasteiger partial charge in [0.05, 0.1) is 7.11 Å². The summed E-state index contributed by atoms with van der Waals surface area (Å²) in [6.07, 6.45) is 1.75. The van der Waals surface area contributed by atoms with Crippen LogP contribution in [-0.2, 0) is 4.79 Å². The fraction of sp³-hybridized carbons (Fsp3) is 0.462. The van der Waals surface area contributed by atoms with Crippen molar-refractivity contribution in [2.45, 2.75) is 26.7 Å². The number of hydrogen-bond donors (Lipinski definition) is 1. The van der Waals surface area contributed by atoms with Crippen LogP contribution in [0.15, 0.2) is 24.3 Å². The Morgan fingerprint density at radius 2 is 1.81 bits per heavy atom. The molecule has 16 heavy (non-hydrogen) atoms. The minimum absolute atomic E-state index is 0.0927. The Balaban J connectivity index is 2.62. The third-order valence-electron chi connectivity index (χ3n) is 2.71. The van der Waals surface area contributed by atoms with E-state index in [1.165, 1.54) is 0 Å². The van der Waals surface area contributed by atoms with Gasteiger partial charge in [-0.2, -0.15) is 0 Å². The first-order valence-corrected chi connectivity index (χ1v) is 5.66. The third-order valence-corrected chi connectivity index (χ3v) is 2.71. The van der Waals surface area contributed by atoms with Crippen LogP contribution in [0.3, 0.4) is 0 Å². The fourth-order valence-electron chi connectivity index (χ4n) is 1.58. The number of hydrogen-bond acceptors (Lipinski definition) is 2. The fourth-order valence-corrected chi connectivity index (χ4v) is 1.58. The second kappa shape index (κ2) is 6.16. The molecule has 1 aromatic rings. The van der Waals surface area contributed by atoms with Crippen LogP contribution in [0.5, 0.6) is 5.75 Å². The van der Waals surface area contributed by atoms with E-state index in [-0.39, 0.29) is 11.8 Å². The zero-order valence-corrected chi connectivity index (χ0v) is 10.1. The summed E-state index contributed by atoms with van der Waals surface area (Å²) in [6.45, 7) is 4.06. The van der Waals surface area contributed by atoms with Crippen LogP contribution < -0.4 is 10.1 Å². The van der Waals surface area contributed by atoms with Gasteiger partial charge in [0.1, 0.15) is 5.75 Å². The van der Waals surface area contributed by atoms with Crippen molar-refractivity contribution in [1.82, 2.24) is 0 Å². The van der Waals surface area contributed by atoms with Crippen molar-refractivity contribution in [2.75, 3.05) is 12.4 Å². The maximum atomic E-state index is 11.8. The molecular formula is C13H19NO2. The summed E-state index contributed by atoms with van der Waals surface area (Å²) in [5, 5.41) is 2.90. The molecule has 0 bridgehead atoms. The van der Waals surface area contributed by atoms with Gasteiger partial charge in [-0.25, -0.2) is 0 Å². The number of methoxy groups -OCH3 is 1. The van der Waals surface area contributed by atoms with Gasteiger partial charge < -0.3 is 10.1 Å². The van der Waals surface area contributed by atoms with E-state index in [0.717, 1.165) is 24.3 Å². The molecule has 0 atom stereocenters. The van der Waals surface area contributed by atoms with Gasteiger partial charge in [-0.05, 0) is 37.1 Å². The van der Waals surface area contributed by atoms with E-state index in [2.05, 4.69) is 5.32 Å². The van der Waals surface area contributed by atoms with Crippen molar-refractivity contribution in [3.05, 3.63) is 24.3 Å². The van der Waals surface area contributed by atoms with Crippen molar-refractivity contribution in [2.24, 2.45) is 5.92 Å². The number of ether oxygens (including phenoxy) is 1. The Kier molecular flexibility index (Phi) is 4.83. The lowest BCUT2D eigenvalue weighted by Crippen LogP contribution is -2.21. The van der Waals surface area contributed by atoms with Gasteiger partial charge >= 0.3 is 0 Å². The Bertz CT molecular complexity index is 328. The average Bonchev–Trinajstić information content (AvgIpc) is 2.31. The summed E-state index contributed by atoms with van der Waals surface area (Å²) >= 11 is 0. The molecule has 88 valence electrons. The lowest BCUT2D eigenvalue weighted by atomic mass is 10.0. The number of rotatable bonds is 5. The van der Waals surface area contributed by atoms with Gasteiger partial charge in [0.2, 0.25) is 5.91 Å². The first kappa shape index (κ1) is 12.6. The lowest BCUT2D eigenvalue weighted by Gasteiger charge is -2.12. The van der Waals surface area contributed by atoms with E-state index in [1.54, 1.807) is 7.11 Å². The number of carbonyl (C=O) groups is 1. The molecule has 0 aliphatic carbocycles. The van der Waals surface area contributed by atoms with E-state index in [1.807, 2.05) is 38.1 Å². The Morgan fingerprint density at radius 3 is 2.25 bits per heavy atom. The first-order valence-electron chi connectivity index (χ1n) is 5.66. The molecule has 1 rings (SSSR count). The van der Waals surface area contributed by atoms with Crippen molar-refractivity contribution < 1.29 is 9.53 Å². The van der Waals surface area contributed by atoms with E-state index in [0.29, 0.717) is 0 Å². The molecule has 0 unspecified atom stereocenters. The van der Waals surface area contributed by atoms with Crippen molar-refractivity contribution >= 4 is 11.6 Å². The standard InChI is InChI=1S/C13H19NO2/c1-4-10(5-2)13(15)14-11-6-8-12(16-3)9-7-11/h6-10H,4-5H2,1-3H3,(H,14,15). The van der Waals surface area contributed by atoms with Gasteiger partial charge in [-0.3, -0.25) is 4.79 Å². The Labute approximate surface area is 96.8 Å². The second-order valence-electron chi connectivity index (χ2n) is 3.73. The molecule has 1 N–H and O–H groups in total. The second-order valence-corrected chi connectivity index (χ2v) is 3.73. The van der Waals surface area contributed by atoms with Crippen molar-refractivity contribution in [3.63, 3.8) is 0 Å². The highest BCUT2D eigenvalue weighted by atomic mass is 16.5. The molecule has 1 aromatic carbocycles. The largest absolute Gasteiger partial charge is 0.497 e. The van der Waals surface area contributed by atoms with Crippen LogP contribution in [-0.4, -0.2) is 13.0 Å². The van der Waals surface area contributed by atoms with Gasteiger partial charge in [0, 0.05) is 11.6 Å². The highest BCUT2D eigenvalue weighted by molar-refractivity contribution is 5.92. The van der Waals surface area contributed by atoms with Crippen molar-refractivity contribution in [3.8, 4) is 5.75 Å². The van der Waals surface area contributed by atoms with Crippen LogP contribution in [0.2, 0.25) is 0 Å². The van der Waals surface area contributed by atoms with E-state index in [4.69, 9.17) is 4.74 Å². The van der Waals surface area contributed by atoms with E-state index < -0.39 is 0 Å². The zero-order valence-electron chi connectivity index (χ0n) is 10.1. The molecule has 0 heterocycles. The maximum absolute atomic E-state index is 11.8. The predicted octanol–water partition coefficient (Wildman–Crippen LogP) is 3.07. The van der Waals surface area contributed by atoms with Crippen molar-refractivity contribution in [1.29, 1.82) is 0 Å². The highest BCUT2D eigenvalue weighted by Crippen LogP contribution is 2.17. The topological polar surface area (TPSA) is 38.3 Å². The number of benzene rings is 1. The summed E-state index contributed by atoms with van der Waals surface area (Å²) < 4.78 is 5.05. The molecule has 0 aliphatic rings. The minimum atomic E-state index is 0.0927. The molecule has 1 amide bonds. The lowest BCUT2D eigenvalue weighted by molar-refractivity contribution is -0.120. The monoisotopic (exact) mass is 221 g/mol. The molecule has 0 aromatic heterocycles. The van der Waals surface area contributed by atoms with Gasteiger partial charge in [0.25, 0.3) is 0 Å². The average molecular weight is 221 g/mol. The molecule has 0 fully saturated rings. The predicted molar refractivity (Wildman–Crippen MR) is 65.7 cm³/mol. The Hall–Kier alpha value is -1.51. The SMILES string of the molecule is CCC(CC)C(=O)Nc1ccc(OC)cc1. The van der Waals surface area contributed by atoms with Crippen LogP contribution in [0, 0.1) is 5.92 Å². The van der Waals surface area contributed by atoms with Crippen LogP contribution in [0.4, 0.5) is 5.69 Å². The molecule has 0 spiro atoms. The van der Waals surface area contributed by atoms with Crippen LogP contribution in [0.25, 0.3) is 0 Å².